The van der Waals surface area contributed by atoms with Crippen molar-refractivity contribution in [2.45, 2.75) is 24.9 Å². The number of rotatable bonds is 4. The molecule has 0 aliphatic rings. The van der Waals surface area contributed by atoms with Gasteiger partial charge >= 0.3 is 6.18 Å². The van der Waals surface area contributed by atoms with Gasteiger partial charge in [-0.05, 0) is 55.3 Å². The van der Waals surface area contributed by atoms with Crippen molar-refractivity contribution in [3.8, 4) is 0 Å². The van der Waals surface area contributed by atoms with Gasteiger partial charge in [0.1, 0.15) is 0 Å². The quantitative estimate of drug-likeness (QED) is 0.790. The second kappa shape index (κ2) is 7.08. The number of nitrogens with one attached hydrogen (secondary N) is 1. The fourth-order valence-electron chi connectivity index (χ4n) is 1.93. The average molecular weight is 339 g/mol. The van der Waals surface area contributed by atoms with E-state index >= 15 is 0 Å². The van der Waals surface area contributed by atoms with Gasteiger partial charge in [0.15, 0.2) is 0 Å². The number of benzene rings is 2. The number of anilines is 1. The van der Waals surface area contributed by atoms with Crippen LogP contribution in [-0.4, -0.2) is 11.7 Å². The predicted molar refractivity (Wildman–Crippen MR) is 86.7 cm³/mol. The Bertz CT molecular complexity index is 713. The van der Waals surface area contributed by atoms with Gasteiger partial charge in [0.25, 0.3) is 0 Å². The van der Waals surface area contributed by atoms with Crippen molar-refractivity contribution >= 4 is 23.4 Å². The van der Waals surface area contributed by atoms with Crippen molar-refractivity contribution < 1.29 is 18.0 Å². The molecule has 0 radical (unpaired) electrons. The van der Waals surface area contributed by atoms with Crippen molar-refractivity contribution in [3.63, 3.8) is 0 Å². The molecule has 1 amide bonds. The first-order chi connectivity index (χ1) is 10.8. The zero-order valence-corrected chi connectivity index (χ0v) is 13.5. The molecule has 6 heteroatoms. The second-order valence-electron chi connectivity index (χ2n) is 5.16. The molecule has 2 aromatic rings. The number of hydrogen-bond donors (Lipinski definition) is 1. The summed E-state index contributed by atoms with van der Waals surface area (Å²) in [6.45, 7) is 3.92. The van der Waals surface area contributed by atoms with Crippen LogP contribution in [0.3, 0.4) is 0 Å². The van der Waals surface area contributed by atoms with Crippen molar-refractivity contribution in [2.24, 2.45) is 0 Å². The molecule has 2 rings (SSSR count). The van der Waals surface area contributed by atoms with Crippen molar-refractivity contribution in [2.75, 3.05) is 11.1 Å². The van der Waals surface area contributed by atoms with Crippen LogP contribution < -0.4 is 5.32 Å². The Balaban J connectivity index is 1.95. The molecule has 2 nitrogen and oxygen atoms in total. The number of amides is 1. The summed E-state index contributed by atoms with van der Waals surface area (Å²) >= 11 is 1.07. The van der Waals surface area contributed by atoms with Gasteiger partial charge in [0, 0.05) is 10.6 Å². The number of halogens is 3. The number of alkyl halides is 3. The zero-order chi connectivity index (χ0) is 17.0. The molecule has 0 heterocycles. The summed E-state index contributed by atoms with van der Waals surface area (Å²) in [5.74, 6) is -0.204. The van der Waals surface area contributed by atoms with Gasteiger partial charge in [0.05, 0.1) is 11.3 Å². The van der Waals surface area contributed by atoms with E-state index in [2.05, 4.69) is 5.32 Å². The van der Waals surface area contributed by atoms with E-state index in [1.54, 1.807) is 12.1 Å². The Kier molecular flexibility index (Phi) is 5.36. The molecule has 0 saturated carbocycles. The highest BCUT2D eigenvalue weighted by Gasteiger charge is 2.30. The lowest BCUT2D eigenvalue weighted by Crippen LogP contribution is -2.14. The number of carbonyl (C=O) groups excluding carboxylic acids is 1. The van der Waals surface area contributed by atoms with Gasteiger partial charge < -0.3 is 5.32 Å². The summed E-state index contributed by atoms with van der Waals surface area (Å²) in [4.78, 5) is 12.3. The number of thioether (sulfide) groups is 1. The maximum atomic E-state index is 12.6. The summed E-state index contributed by atoms with van der Waals surface area (Å²) in [5, 5.41) is 2.74. The molecule has 0 aliphatic carbocycles. The summed E-state index contributed by atoms with van der Waals surface area (Å²) in [5.41, 5.74) is 2.16. The molecule has 0 fully saturated rings. The van der Waals surface area contributed by atoms with E-state index in [0.29, 0.717) is 10.6 Å². The van der Waals surface area contributed by atoms with Crippen molar-refractivity contribution in [3.05, 3.63) is 59.2 Å². The lowest BCUT2D eigenvalue weighted by atomic mass is 10.1. The van der Waals surface area contributed by atoms with Crippen LogP contribution in [0.4, 0.5) is 18.9 Å². The molecule has 0 atom stereocenters. The molecule has 0 spiro atoms. The Hall–Kier alpha value is -1.95. The lowest BCUT2D eigenvalue weighted by molar-refractivity contribution is -0.137. The topological polar surface area (TPSA) is 29.1 Å². The van der Waals surface area contributed by atoms with Crippen LogP contribution in [-0.2, 0) is 11.0 Å². The summed E-state index contributed by atoms with van der Waals surface area (Å²) in [6.07, 6.45) is -4.38. The first-order valence-corrected chi connectivity index (χ1v) is 7.91. The maximum Gasteiger partial charge on any atom is 0.416 e. The number of carbonyl (C=O) groups is 1. The third-order valence-corrected chi connectivity index (χ3v) is 4.32. The number of aryl methyl sites for hydroxylation is 2. The van der Waals surface area contributed by atoms with E-state index in [9.17, 15) is 18.0 Å². The van der Waals surface area contributed by atoms with Gasteiger partial charge in [-0.25, -0.2) is 0 Å². The standard InChI is InChI=1S/C17H16F3NOS/c1-11-6-7-14(8-12(11)2)21-16(22)10-23-15-5-3-4-13(9-15)17(18,19)20/h3-9H,10H2,1-2H3,(H,21,22). The minimum atomic E-state index is -4.38. The minimum Gasteiger partial charge on any atom is -0.325 e. The maximum absolute atomic E-state index is 12.6. The highest BCUT2D eigenvalue weighted by molar-refractivity contribution is 8.00. The van der Waals surface area contributed by atoms with E-state index in [-0.39, 0.29) is 11.7 Å². The first kappa shape index (κ1) is 17.4. The summed E-state index contributed by atoms with van der Waals surface area (Å²) in [6, 6.07) is 10.5. The number of hydrogen-bond acceptors (Lipinski definition) is 2. The smallest absolute Gasteiger partial charge is 0.325 e. The monoisotopic (exact) mass is 339 g/mol. The van der Waals surface area contributed by atoms with Gasteiger partial charge in [0.2, 0.25) is 5.91 Å². The van der Waals surface area contributed by atoms with E-state index in [1.165, 1.54) is 6.07 Å². The van der Waals surface area contributed by atoms with Crippen LogP contribution in [0, 0.1) is 13.8 Å². The van der Waals surface area contributed by atoms with E-state index in [1.807, 2.05) is 26.0 Å². The fraction of sp³-hybridized carbons (Fsp3) is 0.235. The van der Waals surface area contributed by atoms with Gasteiger partial charge in [-0.2, -0.15) is 13.2 Å². The normalized spacial score (nSPS) is 11.3. The molecule has 0 saturated heterocycles. The van der Waals surface area contributed by atoms with Crippen LogP contribution in [0.5, 0.6) is 0 Å². The molecule has 1 N–H and O–H groups in total. The van der Waals surface area contributed by atoms with Crippen LogP contribution in [0.2, 0.25) is 0 Å². The molecule has 0 bridgehead atoms. The predicted octanol–water partition coefficient (Wildman–Crippen LogP) is 5.05. The second-order valence-corrected chi connectivity index (χ2v) is 6.21. The molecular formula is C17H16F3NOS. The Morgan fingerprint density at radius 1 is 1.09 bits per heavy atom. The van der Waals surface area contributed by atoms with Gasteiger partial charge in [-0.3, -0.25) is 4.79 Å². The summed E-state index contributed by atoms with van der Waals surface area (Å²) in [7, 11) is 0. The Morgan fingerprint density at radius 2 is 1.83 bits per heavy atom. The van der Waals surface area contributed by atoms with Gasteiger partial charge in [-0.1, -0.05) is 12.1 Å². The van der Waals surface area contributed by atoms with Crippen LogP contribution in [0.1, 0.15) is 16.7 Å². The van der Waals surface area contributed by atoms with Crippen LogP contribution in [0.15, 0.2) is 47.4 Å². The van der Waals surface area contributed by atoms with Gasteiger partial charge in [-0.15, -0.1) is 11.8 Å². The van der Waals surface area contributed by atoms with Crippen molar-refractivity contribution in [1.82, 2.24) is 0 Å². The zero-order valence-electron chi connectivity index (χ0n) is 12.7. The van der Waals surface area contributed by atoms with Crippen molar-refractivity contribution in [1.29, 1.82) is 0 Å². The molecule has 0 aromatic heterocycles. The Labute approximate surface area is 137 Å². The van der Waals surface area contributed by atoms with E-state index in [0.717, 1.165) is 35.0 Å². The average Bonchev–Trinajstić information content (AvgIpc) is 2.48. The molecule has 23 heavy (non-hydrogen) atoms. The molecule has 0 aliphatic heterocycles. The van der Waals surface area contributed by atoms with E-state index in [4.69, 9.17) is 0 Å². The molecule has 0 unspecified atom stereocenters. The minimum absolute atomic E-state index is 0.0498. The largest absolute Gasteiger partial charge is 0.416 e. The molecular weight excluding hydrogens is 323 g/mol. The molecule has 122 valence electrons. The lowest BCUT2D eigenvalue weighted by Gasteiger charge is -2.09. The first-order valence-electron chi connectivity index (χ1n) is 6.93. The van der Waals surface area contributed by atoms with Crippen LogP contribution in [0.25, 0.3) is 0 Å². The highest BCUT2D eigenvalue weighted by atomic mass is 32.2. The third kappa shape index (κ3) is 5.03. The molecule has 2 aromatic carbocycles. The van der Waals surface area contributed by atoms with Crippen LogP contribution >= 0.6 is 11.8 Å². The highest BCUT2D eigenvalue weighted by Crippen LogP contribution is 2.31. The van der Waals surface area contributed by atoms with E-state index < -0.39 is 11.7 Å². The fourth-order valence-corrected chi connectivity index (χ4v) is 2.68. The SMILES string of the molecule is Cc1ccc(NC(=O)CSc2cccc(C(F)(F)F)c2)cc1C. The third-order valence-electron chi connectivity index (χ3n) is 3.32. The summed E-state index contributed by atoms with van der Waals surface area (Å²) < 4.78 is 37.9. The Morgan fingerprint density at radius 3 is 2.48 bits per heavy atom.